The molecule has 0 spiro atoms. The average Bonchev–Trinajstić information content (AvgIpc) is 2.60. The zero-order chi connectivity index (χ0) is 17.5. The van der Waals surface area contributed by atoms with E-state index in [2.05, 4.69) is 5.32 Å². The van der Waals surface area contributed by atoms with Crippen molar-refractivity contribution in [2.75, 3.05) is 12.4 Å². The number of amides is 1. The van der Waals surface area contributed by atoms with Crippen LogP contribution in [-0.4, -0.2) is 18.8 Å². The molecule has 1 atom stereocenters. The number of methoxy groups -OCH3 is 1. The minimum Gasteiger partial charge on any atom is -0.497 e. The number of carbonyl (C=O) groups is 2. The summed E-state index contributed by atoms with van der Waals surface area (Å²) in [5.74, 6) is -0.642. The van der Waals surface area contributed by atoms with Crippen LogP contribution in [0.5, 0.6) is 5.75 Å². The van der Waals surface area contributed by atoms with Crippen molar-refractivity contribution >= 4 is 17.4 Å². The lowest BCUT2D eigenvalue weighted by molar-refractivity contribution is -0.129. The van der Waals surface area contributed by atoms with Gasteiger partial charge in [-0.1, -0.05) is 12.1 Å². The average molecular weight is 322 g/mol. The van der Waals surface area contributed by atoms with E-state index in [4.69, 9.17) is 10.00 Å². The van der Waals surface area contributed by atoms with E-state index in [0.717, 1.165) is 5.56 Å². The largest absolute Gasteiger partial charge is 0.497 e. The Morgan fingerprint density at radius 3 is 2.25 bits per heavy atom. The molecule has 2 rings (SSSR count). The molecule has 5 heteroatoms. The van der Waals surface area contributed by atoms with Gasteiger partial charge in [0.2, 0.25) is 5.91 Å². The summed E-state index contributed by atoms with van der Waals surface area (Å²) in [5.41, 5.74) is 1.98. The van der Waals surface area contributed by atoms with Crippen LogP contribution < -0.4 is 10.1 Å². The number of Topliss-reactive ketones (excluding diaryl/α,β-unsaturated/α-hetero) is 1. The zero-order valence-electron chi connectivity index (χ0n) is 13.6. The molecular weight excluding hydrogens is 304 g/mol. The van der Waals surface area contributed by atoms with Gasteiger partial charge in [-0.3, -0.25) is 9.59 Å². The standard InChI is InChI=1S/C19H18N2O3/c1-13(22)18(11-14-3-5-15(12-20)6-4-14)19(23)21-16-7-9-17(24-2)10-8-16/h3-10,18H,11H2,1-2H3,(H,21,23). The molecule has 1 amide bonds. The van der Waals surface area contributed by atoms with E-state index in [0.29, 0.717) is 23.4 Å². The minimum atomic E-state index is -0.778. The first kappa shape index (κ1) is 17.2. The lowest BCUT2D eigenvalue weighted by atomic mass is 9.94. The van der Waals surface area contributed by atoms with E-state index in [9.17, 15) is 9.59 Å². The number of nitriles is 1. The van der Waals surface area contributed by atoms with Crippen LogP contribution in [0.15, 0.2) is 48.5 Å². The summed E-state index contributed by atoms with van der Waals surface area (Å²) in [6.07, 6.45) is 0.295. The molecule has 0 aliphatic rings. The van der Waals surface area contributed by atoms with Crippen LogP contribution in [0.1, 0.15) is 18.1 Å². The van der Waals surface area contributed by atoms with Gasteiger partial charge < -0.3 is 10.1 Å². The van der Waals surface area contributed by atoms with Crippen LogP contribution in [0.3, 0.4) is 0 Å². The second-order valence-corrected chi connectivity index (χ2v) is 5.39. The van der Waals surface area contributed by atoms with E-state index >= 15 is 0 Å². The number of nitrogens with zero attached hydrogens (tertiary/aromatic N) is 1. The third kappa shape index (κ3) is 4.43. The van der Waals surface area contributed by atoms with Gasteiger partial charge in [0.25, 0.3) is 0 Å². The van der Waals surface area contributed by atoms with Crippen molar-refractivity contribution < 1.29 is 14.3 Å². The zero-order valence-corrected chi connectivity index (χ0v) is 13.6. The third-order valence-corrected chi connectivity index (χ3v) is 3.69. The maximum absolute atomic E-state index is 12.4. The van der Waals surface area contributed by atoms with E-state index < -0.39 is 5.92 Å². The molecule has 0 saturated heterocycles. The molecule has 122 valence electrons. The monoisotopic (exact) mass is 322 g/mol. The van der Waals surface area contributed by atoms with Gasteiger partial charge in [0, 0.05) is 5.69 Å². The highest BCUT2D eigenvalue weighted by Gasteiger charge is 2.23. The molecule has 0 fully saturated rings. The third-order valence-electron chi connectivity index (χ3n) is 3.69. The number of anilines is 1. The number of carbonyl (C=O) groups excluding carboxylic acids is 2. The normalized spacial score (nSPS) is 11.2. The van der Waals surface area contributed by atoms with E-state index in [1.165, 1.54) is 6.92 Å². The minimum absolute atomic E-state index is 0.203. The summed E-state index contributed by atoms with van der Waals surface area (Å²) >= 11 is 0. The van der Waals surface area contributed by atoms with Gasteiger partial charge in [-0.05, 0) is 55.3 Å². The van der Waals surface area contributed by atoms with Gasteiger partial charge in [-0.25, -0.2) is 0 Å². The molecule has 2 aromatic rings. The smallest absolute Gasteiger partial charge is 0.235 e. The van der Waals surface area contributed by atoms with E-state index in [1.807, 2.05) is 6.07 Å². The van der Waals surface area contributed by atoms with Crippen molar-refractivity contribution in [2.45, 2.75) is 13.3 Å². The molecule has 0 heterocycles. The number of benzene rings is 2. The number of ketones is 1. The number of rotatable bonds is 6. The van der Waals surface area contributed by atoms with Crippen molar-refractivity contribution in [1.29, 1.82) is 5.26 Å². The second kappa shape index (κ2) is 7.93. The maximum Gasteiger partial charge on any atom is 0.235 e. The maximum atomic E-state index is 12.4. The first-order chi connectivity index (χ1) is 11.5. The molecule has 0 saturated carbocycles. The lowest BCUT2D eigenvalue weighted by Gasteiger charge is -2.14. The Hall–Kier alpha value is -3.13. The molecule has 1 N–H and O–H groups in total. The summed E-state index contributed by atoms with van der Waals surface area (Å²) < 4.78 is 5.07. The molecule has 0 bridgehead atoms. The van der Waals surface area contributed by atoms with Crippen LogP contribution in [0.25, 0.3) is 0 Å². The molecule has 5 nitrogen and oxygen atoms in total. The Morgan fingerprint density at radius 1 is 1.12 bits per heavy atom. The summed E-state index contributed by atoms with van der Waals surface area (Å²) in [7, 11) is 1.57. The molecule has 24 heavy (non-hydrogen) atoms. The summed E-state index contributed by atoms with van der Waals surface area (Å²) in [6.45, 7) is 1.40. The number of nitrogens with one attached hydrogen (secondary N) is 1. The fourth-order valence-corrected chi connectivity index (χ4v) is 2.28. The van der Waals surface area contributed by atoms with Crippen LogP contribution in [0, 0.1) is 17.2 Å². The Bertz CT molecular complexity index is 759. The fraction of sp³-hybridized carbons (Fsp3) is 0.211. The molecule has 2 aromatic carbocycles. The Labute approximate surface area is 140 Å². The molecule has 0 radical (unpaired) electrons. The Morgan fingerprint density at radius 2 is 1.75 bits per heavy atom. The molecule has 0 aromatic heterocycles. The van der Waals surface area contributed by atoms with Crippen molar-refractivity contribution in [3.63, 3.8) is 0 Å². The van der Waals surface area contributed by atoms with Crippen molar-refractivity contribution in [3.8, 4) is 11.8 Å². The summed E-state index contributed by atoms with van der Waals surface area (Å²) in [6, 6.07) is 15.8. The van der Waals surface area contributed by atoms with Crippen LogP contribution in [0.4, 0.5) is 5.69 Å². The molecule has 0 aliphatic carbocycles. The second-order valence-electron chi connectivity index (χ2n) is 5.39. The topological polar surface area (TPSA) is 79.2 Å². The molecule has 0 aliphatic heterocycles. The Kier molecular flexibility index (Phi) is 5.69. The van der Waals surface area contributed by atoms with Gasteiger partial charge in [0.15, 0.2) is 0 Å². The number of hydrogen-bond acceptors (Lipinski definition) is 4. The van der Waals surface area contributed by atoms with Crippen molar-refractivity contribution in [1.82, 2.24) is 0 Å². The van der Waals surface area contributed by atoms with Gasteiger partial charge >= 0.3 is 0 Å². The number of hydrogen-bond donors (Lipinski definition) is 1. The highest BCUT2D eigenvalue weighted by Crippen LogP contribution is 2.18. The van der Waals surface area contributed by atoms with E-state index in [-0.39, 0.29) is 11.7 Å². The summed E-state index contributed by atoms with van der Waals surface area (Å²) in [5, 5.41) is 11.6. The van der Waals surface area contributed by atoms with Gasteiger partial charge in [-0.15, -0.1) is 0 Å². The van der Waals surface area contributed by atoms with Crippen LogP contribution in [0.2, 0.25) is 0 Å². The van der Waals surface area contributed by atoms with E-state index in [1.54, 1.807) is 55.6 Å². The quantitative estimate of drug-likeness (QED) is 0.829. The summed E-state index contributed by atoms with van der Waals surface area (Å²) in [4.78, 5) is 24.3. The molecular formula is C19H18N2O3. The first-order valence-corrected chi connectivity index (χ1v) is 7.48. The first-order valence-electron chi connectivity index (χ1n) is 7.48. The number of ether oxygens (including phenoxy) is 1. The lowest BCUT2D eigenvalue weighted by Crippen LogP contribution is -2.30. The van der Waals surface area contributed by atoms with Crippen LogP contribution in [-0.2, 0) is 16.0 Å². The van der Waals surface area contributed by atoms with Gasteiger partial charge in [0.05, 0.1) is 18.7 Å². The highest BCUT2D eigenvalue weighted by molar-refractivity contribution is 6.06. The van der Waals surface area contributed by atoms with Crippen LogP contribution >= 0.6 is 0 Å². The Balaban J connectivity index is 2.09. The van der Waals surface area contributed by atoms with Crippen molar-refractivity contribution in [3.05, 3.63) is 59.7 Å². The predicted molar refractivity (Wildman–Crippen MR) is 90.7 cm³/mol. The predicted octanol–water partition coefficient (Wildman–Crippen LogP) is 2.95. The molecule has 1 unspecified atom stereocenters. The highest BCUT2D eigenvalue weighted by atomic mass is 16.5. The fourth-order valence-electron chi connectivity index (χ4n) is 2.28. The van der Waals surface area contributed by atoms with Crippen molar-refractivity contribution in [2.24, 2.45) is 5.92 Å². The van der Waals surface area contributed by atoms with Gasteiger partial charge in [0.1, 0.15) is 17.5 Å². The SMILES string of the molecule is COc1ccc(NC(=O)C(Cc2ccc(C#N)cc2)C(C)=O)cc1. The van der Waals surface area contributed by atoms with Gasteiger partial charge in [-0.2, -0.15) is 5.26 Å².